The van der Waals surface area contributed by atoms with E-state index in [2.05, 4.69) is 5.32 Å². The van der Waals surface area contributed by atoms with E-state index < -0.39 is 124 Å². The number of carbonyl (C=O) groups is 6. The molecule has 0 spiro atoms. The fraction of sp³-hybridized carbons (Fsp3) is 0.571. The zero-order valence-corrected chi connectivity index (χ0v) is 33.0. The Labute approximate surface area is 330 Å². The van der Waals surface area contributed by atoms with Crippen molar-refractivity contribution < 1.29 is 67.8 Å². The molecular formula is C42H51NO14. The third kappa shape index (κ3) is 7.34. The summed E-state index contributed by atoms with van der Waals surface area (Å²) < 4.78 is 29.3. The number of fused-ring (bicyclic) bond motifs is 5. The number of ether oxygens (including phenoxy) is 5. The molecule has 13 atom stereocenters. The molecule has 1 heterocycles. The molecule has 0 aromatic heterocycles. The van der Waals surface area contributed by atoms with Crippen LogP contribution >= 0.6 is 0 Å². The molecule has 308 valence electrons. The minimum atomic E-state index is -2.29. The molecule has 3 aliphatic carbocycles. The van der Waals surface area contributed by atoms with Gasteiger partial charge in [0.25, 0.3) is 0 Å². The Bertz CT molecular complexity index is 1900. The molecule has 57 heavy (non-hydrogen) atoms. The molecule has 4 N–H and O–H groups in total. The lowest BCUT2D eigenvalue weighted by atomic mass is 9.45. The van der Waals surface area contributed by atoms with Gasteiger partial charge >= 0.3 is 24.0 Å². The molecule has 15 heteroatoms. The van der Waals surface area contributed by atoms with Gasteiger partial charge in [-0.15, -0.1) is 0 Å². The molecule has 6 rings (SSSR count). The van der Waals surface area contributed by atoms with Gasteiger partial charge in [0.05, 0.1) is 35.6 Å². The fourth-order valence-corrected chi connectivity index (χ4v) is 9.48. The highest BCUT2D eigenvalue weighted by Crippen LogP contribution is 2.62. The summed E-state index contributed by atoms with van der Waals surface area (Å²) in [4.78, 5) is 83.0. The largest absolute Gasteiger partial charge is 0.460 e. The molecule has 0 radical (unpaired) electrons. The highest BCUT2D eigenvalue weighted by atomic mass is 16.6. The van der Waals surface area contributed by atoms with Gasteiger partial charge in [0.1, 0.15) is 29.5 Å². The molecule has 3 saturated carbocycles. The number of rotatable bonds is 8. The number of alkyl carbamates (subject to hydrolysis) is 1. The maximum atomic E-state index is 14.7. The molecule has 2 aromatic rings. The lowest BCUT2D eigenvalue weighted by Gasteiger charge is -2.66. The van der Waals surface area contributed by atoms with Gasteiger partial charge in [-0.2, -0.15) is 0 Å². The maximum Gasteiger partial charge on any atom is 0.408 e. The highest BCUT2D eigenvalue weighted by molar-refractivity contribution is 6.40. The number of nitrogens with one attached hydrogen (secondary N) is 1. The van der Waals surface area contributed by atoms with Crippen molar-refractivity contribution in [2.45, 2.75) is 115 Å². The van der Waals surface area contributed by atoms with Crippen LogP contribution in [-0.2, 0) is 42.9 Å². The summed E-state index contributed by atoms with van der Waals surface area (Å²) in [5, 5.41) is 39.0. The second kappa shape index (κ2) is 15.2. The van der Waals surface area contributed by atoms with Crippen molar-refractivity contribution in [1.29, 1.82) is 0 Å². The van der Waals surface area contributed by atoms with Gasteiger partial charge in [-0.1, -0.05) is 62.4 Å². The van der Waals surface area contributed by atoms with Crippen LogP contribution in [0.15, 0.2) is 60.7 Å². The Hall–Kier alpha value is -4.70. The topological polar surface area (TPSA) is 221 Å². The Morgan fingerprint density at radius 3 is 2.14 bits per heavy atom. The number of hydrogen-bond acceptors (Lipinski definition) is 14. The lowest BCUT2D eigenvalue weighted by molar-refractivity contribution is -0.345. The van der Waals surface area contributed by atoms with Crippen LogP contribution in [0, 0.1) is 29.1 Å². The van der Waals surface area contributed by atoms with Crippen LogP contribution in [0.5, 0.6) is 0 Å². The zero-order valence-electron chi connectivity index (χ0n) is 33.0. The average Bonchev–Trinajstić information content (AvgIpc) is 3.15. The minimum Gasteiger partial charge on any atom is -0.460 e. The second-order valence-electron chi connectivity index (χ2n) is 17.1. The molecule has 15 nitrogen and oxygen atoms in total. The van der Waals surface area contributed by atoms with Crippen LogP contribution in [0.25, 0.3) is 0 Å². The molecule has 1 amide bonds. The van der Waals surface area contributed by atoms with E-state index in [9.17, 15) is 44.1 Å². The van der Waals surface area contributed by atoms with Crippen LogP contribution in [0.3, 0.4) is 0 Å². The van der Waals surface area contributed by atoms with Gasteiger partial charge in [0, 0.05) is 31.6 Å². The van der Waals surface area contributed by atoms with E-state index >= 15 is 0 Å². The number of carbonyl (C=O) groups excluding carboxylic acids is 6. The monoisotopic (exact) mass is 793 g/mol. The Morgan fingerprint density at radius 2 is 1.58 bits per heavy atom. The summed E-state index contributed by atoms with van der Waals surface area (Å²) in [5.41, 5.74) is -6.59. The predicted molar refractivity (Wildman–Crippen MR) is 198 cm³/mol. The van der Waals surface area contributed by atoms with Crippen LogP contribution < -0.4 is 5.32 Å². The molecule has 2 bridgehead atoms. The van der Waals surface area contributed by atoms with E-state index in [1.165, 1.54) is 26.0 Å². The summed E-state index contributed by atoms with van der Waals surface area (Å²) in [6.07, 6.45) is -9.37. The van der Waals surface area contributed by atoms with Crippen molar-refractivity contribution in [3.63, 3.8) is 0 Å². The second-order valence-corrected chi connectivity index (χ2v) is 17.1. The average molecular weight is 794 g/mol. The molecular weight excluding hydrogens is 742 g/mol. The van der Waals surface area contributed by atoms with E-state index in [0.717, 1.165) is 6.92 Å². The molecule has 2 aromatic carbocycles. The first-order chi connectivity index (χ1) is 26.7. The number of amides is 1. The van der Waals surface area contributed by atoms with Crippen LogP contribution in [0.2, 0.25) is 0 Å². The van der Waals surface area contributed by atoms with Crippen molar-refractivity contribution >= 4 is 35.6 Å². The number of aliphatic hydroxyl groups excluding tert-OH is 2. The van der Waals surface area contributed by atoms with E-state index in [0.29, 0.717) is 5.56 Å². The van der Waals surface area contributed by atoms with Crippen molar-refractivity contribution in [2.24, 2.45) is 29.1 Å². The summed E-state index contributed by atoms with van der Waals surface area (Å²) in [7, 11) is 0. The first-order valence-corrected chi connectivity index (χ1v) is 19.1. The quantitative estimate of drug-likeness (QED) is 0.172. The van der Waals surface area contributed by atoms with Crippen molar-refractivity contribution in [3.05, 3.63) is 71.8 Å². The van der Waals surface area contributed by atoms with Crippen LogP contribution in [-0.4, -0.2) is 105 Å². The van der Waals surface area contributed by atoms with Crippen LogP contribution in [0.4, 0.5) is 4.79 Å². The van der Waals surface area contributed by atoms with E-state index in [1.54, 1.807) is 76.2 Å². The zero-order chi connectivity index (χ0) is 41.8. The Balaban J connectivity index is 1.44. The van der Waals surface area contributed by atoms with Crippen molar-refractivity contribution in [2.75, 3.05) is 6.61 Å². The molecule has 4 aliphatic rings. The fourth-order valence-electron chi connectivity index (χ4n) is 9.48. The van der Waals surface area contributed by atoms with Gasteiger partial charge < -0.3 is 44.3 Å². The van der Waals surface area contributed by atoms with Crippen LogP contribution in [0.1, 0.15) is 83.3 Å². The van der Waals surface area contributed by atoms with Crippen molar-refractivity contribution in [3.8, 4) is 0 Å². The SMILES string of the molecule is CC(=O)O[C@@]12CO[C@@H]1C[C@H](O)[C@@]1(C)C(=O)C(=O)C3C(C)[C@@H](OC(=O)[C@H](O)[C@@H](NC(=O)OC(C)(C)C)c4ccccc4)C[C@](O)(C3C)[C@@H](OC(=O)c3ccccc3)[C@H]21. The normalized spacial score (nSPS) is 35.7. The number of esters is 3. The van der Waals surface area contributed by atoms with E-state index in [-0.39, 0.29) is 18.6 Å². The Kier molecular flexibility index (Phi) is 11.2. The smallest absolute Gasteiger partial charge is 0.408 e. The first kappa shape index (κ1) is 41.9. The molecule has 3 unspecified atom stereocenters. The summed E-state index contributed by atoms with van der Waals surface area (Å²) in [5.74, 6) is -9.93. The first-order valence-electron chi connectivity index (χ1n) is 19.1. The van der Waals surface area contributed by atoms with Gasteiger partial charge in [-0.25, -0.2) is 14.4 Å². The maximum absolute atomic E-state index is 14.7. The summed E-state index contributed by atoms with van der Waals surface area (Å²) in [6, 6.07) is 14.6. The number of ketones is 2. The number of hydrogen-bond donors (Lipinski definition) is 4. The lowest BCUT2D eigenvalue weighted by Crippen LogP contribution is -2.81. The van der Waals surface area contributed by atoms with Gasteiger partial charge in [0.2, 0.25) is 11.6 Å². The number of Topliss-reactive ketones (excluding diaryl/α,β-unsaturated/α-hetero) is 2. The molecule has 1 aliphatic heterocycles. The standard InChI is InChI=1S/C42H51NO14/c1-21-26(54-37(50)32(47)30(24-14-10-8-11-15-24)43-38(51)57-39(4,5)6)19-41(52)22(2)29(21)31(46)34(48)40(7)27(45)18-28-42(20-53-28,56-23(3)44)33(40)35(41)55-36(49)25-16-12-9-13-17-25/h8-17,21-22,26-30,32-33,35,45,47,52H,18-20H2,1-7H3,(H,43,51)/t21?,22?,26-,27-,28+,29?,30-,32+,33-,35-,40+,41-,42-/m0/s1. The number of benzene rings is 2. The van der Waals surface area contributed by atoms with Gasteiger partial charge in [-0.3, -0.25) is 14.4 Å². The molecule has 1 saturated heterocycles. The van der Waals surface area contributed by atoms with E-state index in [4.69, 9.17) is 23.7 Å². The number of aliphatic hydroxyl groups is 3. The van der Waals surface area contributed by atoms with Gasteiger partial charge in [-0.05, 0) is 51.3 Å². The Morgan fingerprint density at radius 1 is 0.965 bits per heavy atom. The third-order valence-corrected chi connectivity index (χ3v) is 12.4. The van der Waals surface area contributed by atoms with Gasteiger partial charge in [0.15, 0.2) is 11.7 Å². The highest BCUT2D eigenvalue weighted by Gasteiger charge is 2.77. The van der Waals surface area contributed by atoms with E-state index in [1.807, 2.05) is 0 Å². The molecule has 4 fully saturated rings. The van der Waals surface area contributed by atoms with Crippen molar-refractivity contribution in [1.82, 2.24) is 5.32 Å². The summed E-state index contributed by atoms with van der Waals surface area (Å²) in [6.45, 7) is 10.2. The predicted octanol–water partition coefficient (Wildman–Crippen LogP) is 3.01. The summed E-state index contributed by atoms with van der Waals surface area (Å²) >= 11 is 0. The third-order valence-electron chi connectivity index (χ3n) is 12.4. The minimum absolute atomic E-state index is 0.0792.